The van der Waals surface area contributed by atoms with Gasteiger partial charge in [-0.15, -0.1) is 5.10 Å². The standard InChI is InChI=1S/C27H37N4O2/c1-18-12-19(2)26(20(3)13-18)33-24-14-21(4)27(32-7)23(15-24)16-30-17-25(28-29-30)22-8-10-31(5,6)11-9-22/h12-15,17,22H,8-11,16H2,1-7H3/q+1. The third-order valence-corrected chi connectivity index (χ3v) is 6.83. The first kappa shape index (κ1) is 23.3. The number of methoxy groups -OCH3 is 1. The van der Waals surface area contributed by atoms with Gasteiger partial charge < -0.3 is 14.0 Å². The van der Waals surface area contributed by atoms with Gasteiger partial charge in [0, 0.05) is 30.5 Å². The van der Waals surface area contributed by atoms with Crippen molar-refractivity contribution in [1.82, 2.24) is 15.0 Å². The van der Waals surface area contributed by atoms with Gasteiger partial charge >= 0.3 is 0 Å². The van der Waals surface area contributed by atoms with E-state index in [-0.39, 0.29) is 0 Å². The van der Waals surface area contributed by atoms with Crippen LogP contribution in [0.5, 0.6) is 17.2 Å². The quantitative estimate of drug-likeness (QED) is 0.478. The maximum absolute atomic E-state index is 6.37. The summed E-state index contributed by atoms with van der Waals surface area (Å²) in [4.78, 5) is 0. The summed E-state index contributed by atoms with van der Waals surface area (Å²) in [5.41, 5.74) is 6.69. The second-order valence-corrected chi connectivity index (χ2v) is 10.3. The Kier molecular flexibility index (Phi) is 6.48. The van der Waals surface area contributed by atoms with Crippen LogP contribution in [-0.4, -0.2) is 53.8 Å². The van der Waals surface area contributed by atoms with Crippen molar-refractivity contribution in [2.24, 2.45) is 0 Å². The first-order chi connectivity index (χ1) is 15.6. The van der Waals surface area contributed by atoms with Gasteiger partial charge in [-0.1, -0.05) is 22.9 Å². The summed E-state index contributed by atoms with van der Waals surface area (Å²) >= 11 is 0. The number of piperidine rings is 1. The fourth-order valence-corrected chi connectivity index (χ4v) is 5.04. The van der Waals surface area contributed by atoms with Gasteiger partial charge in [-0.05, 0) is 56.5 Å². The Hall–Kier alpha value is -2.86. The molecule has 1 aliphatic rings. The predicted octanol–water partition coefficient (Wildman–Crippen LogP) is 5.31. The van der Waals surface area contributed by atoms with Gasteiger partial charge in [-0.2, -0.15) is 0 Å². The minimum absolute atomic E-state index is 0.496. The Morgan fingerprint density at radius 2 is 1.58 bits per heavy atom. The molecule has 2 aromatic carbocycles. The lowest BCUT2D eigenvalue weighted by atomic mass is 9.93. The first-order valence-electron chi connectivity index (χ1n) is 11.8. The maximum atomic E-state index is 6.37. The van der Waals surface area contributed by atoms with Crippen LogP contribution in [0, 0.1) is 27.7 Å². The van der Waals surface area contributed by atoms with Crippen molar-refractivity contribution >= 4 is 0 Å². The van der Waals surface area contributed by atoms with Crippen molar-refractivity contribution in [2.45, 2.75) is 53.0 Å². The van der Waals surface area contributed by atoms with Crippen molar-refractivity contribution in [3.05, 3.63) is 64.0 Å². The van der Waals surface area contributed by atoms with E-state index in [1.165, 1.54) is 18.7 Å². The van der Waals surface area contributed by atoms with Crippen molar-refractivity contribution in [1.29, 1.82) is 0 Å². The van der Waals surface area contributed by atoms with Crippen LogP contribution in [0.2, 0.25) is 0 Å². The van der Waals surface area contributed by atoms with Crippen LogP contribution >= 0.6 is 0 Å². The summed E-state index contributed by atoms with van der Waals surface area (Å²) in [7, 11) is 6.32. The Balaban J connectivity index is 1.57. The smallest absolute Gasteiger partial charge is 0.133 e. The molecule has 0 saturated carbocycles. The molecule has 0 spiro atoms. The number of aromatic nitrogens is 3. The molecule has 6 heteroatoms. The molecule has 0 amide bonds. The molecule has 1 saturated heterocycles. The van der Waals surface area contributed by atoms with E-state index in [0.29, 0.717) is 12.5 Å². The number of ether oxygens (including phenoxy) is 2. The molecule has 6 nitrogen and oxygen atoms in total. The van der Waals surface area contributed by atoms with Crippen LogP contribution in [-0.2, 0) is 6.54 Å². The van der Waals surface area contributed by atoms with E-state index in [2.05, 4.69) is 76.5 Å². The number of nitrogens with zero attached hydrogens (tertiary/aromatic N) is 4. The van der Waals surface area contributed by atoms with E-state index in [1.54, 1.807) is 7.11 Å². The van der Waals surface area contributed by atoms with E-state index in [1.807, 2.05) is 10.7 Å². The van der Waals surface area contributed by atoms with Gasteiger partial charge in [0.25, 0.3) is 0 Å². The molecule has 4 rings (SSSR count). The van der Waals surface area contributed by atoms with Crippen LogP contribution < -0.4 is 9.47 Å². The average Bonchev–Trinajstić information content (AvgIpc) is 3.19. The molecule has 2 heterocycles. The van der Waals surface area contributed by atoms with Gasteiger partial charge in [0.05, 0.1) is 46.5 Å². The van der Waals surface area contributed by atoms with Gasteiger partial charge in [-0.25, -0.2) is 4.68 Å². The van der Waals surface area contributed by atoms with Crippen molar-refractivity contribution in [2.75, 3.05) is 34.3 Å². The van der Waals surface area contributed by atoms with Gasteiger partial charge in [-0.3, -0.25) is 0 Å². The molecule has 0 N–H and O–H groups in total. The van der Waals surface area contributed by atoms with Crippen LogP contribution in [0.3, 0.4) is 0 Å². The van der Waals surface area contributed by atoms with Crippen molar-refractivity contribution in [3.63, 3.8) is 0 Å². The minimum Gasteiger partial charge on any atom is -0.496 e. The molecule has 0 radical (unpaired) electrons. The highest BCUT2D eigenvalue weighted by Gasteiger charge is 2.28. The molecule has 0 unspecified atom stereocenters. The minimum atomic E-state index is 0.496. The fourth-order valence-electron chi connectivity index (χ4n) is 5.04. The number of quaternary nitrogens is 1. The highest BCUT2D eigenvalue weighted by molar-refractivity contribution is 5.50. The predicted molar refractivity (Wildman–Crippen MR) is 131 cm³/mol. The maximum Gasteiger partial charge on any atom is 0.133 e. The summed E-state index contributed by atoms with van der Waals surface area (Å²) in [5, 5.41) is 8.96. The van der Waals surface area contributed by atoms with Gasteiger partial charge in [0.2, 0.25) is 0 Å². The van der Waals surface area contributed by atoms with E-state index in [0.717, 1.165) is 62.5 Å². The lowest BCUT2D eigenvalue weighted by Gasteiger charge is -2.36. The molecule has 0 atom stereocenters. The van der Waals surface area contributed by atoms with Crippen LogP contribution in [0.25, 0.3) is 0 Å². The Bertz CT molecular complexity index is 1120. The Labute approximate surface area is 197 Å². The lowest BCUT2D eigenvalue weighted by molar-refractivity contribution is -0.895. The molecule has 176 valence electrons. The van der Waals surface area contributed by atoms with E-state index in [4.69, 9.17) is 9.47 Å². The zero-order chi connectivity index (χ0) is 23.8. The third-order valence-electron chi connectivity index (χ3n) is 6.83. The summed E-state index contributed by atoms with van der Waals surface area (Å²) in [6.45, 7) is 11.3. The molecule has 1 aliphatic heterocycles. The number of likely N-dealkylation sites (tertiary alicyclic amines) is 1. The summed E-state index contributed by atoms with van der Waals surface area (Å²) in [6.07, 6.45) is 4.42. The monoisotopic (exact) mass is 449 g/mol. The van der Waals surface area contributed by atoms with Crippen LogP contribution in [0.1, 0.15) is 52.3 Å². The molecule has 33 heavy (non-hydrogen) atoms. The van der Waals surface area contributed by atoms with Crippen LogP contribution in [0.15, 0.2) is 30.5 Å². The largest absolute Gasteiger partial charge is 0.496 e. The van der Waals surface area contributed by atoms with Gasteiger partial charge in [0.15, 0.2) is 0 Å². The topological polar surface area (TPSA) is 49.2 Å². The summed E-state index contributed by atoms with van der Waals surface area (Å²) in [5.74, 6) is 3.09. The van der Waals surface area contributed by atoms with Crippen molar-refractivity contribution < 1.29 is 14.0 Å². The molecular formula is C27H37N4O2+. The van der Waals surface area contributed by atoms with E-state index in [9.17, 15) is 0 Å². The van der Waals surface area contributed by atoms with Crippen molar-refractivity contribution in [3.8, 4) is 17.2 Å². The average molecular weight is 450 g/mol. The second kappa shape index (κ2) is 9.18. The zero-order valence-corrected chi connectivity index (χ0v) is 21.1. The normalized spacial score (nSPS) is 16.1. The lowest BCUT2D eigenvalue weighted by Crippen LogP contribution is -2.45. The molecule has 3 aromatic rings. The Morgan fingerprint density at radius 3 is 2.21 bits per heavy atom. The SMILES string of the molecule is COc1c(C)cc(Oc2c(C)cc(C)cc2C)cc1Cn1cc(C2CC[N+](C)(C)CC2)nn1. The summed E-state index contributed by atoms with van der Waals surface area (Å²) in [6, 6.07) is 8.41. The highest BCUT2D eigenvalue weighted by atomic mass is 16.5. The Morgan fingerprint density at radius 1 is 0.939 bits per heavy atom. The number of hydrogen-bond acceptors (Lipinski definition) is 4. The van der Waals surface area contributed by atoms with E-state index >= 15 is 0 Å². The molecule has 0 aliphatic carbocycles. The number of benzene rings is 2. The molecule has 1 fully saturated rings. The highest BCUT2D eigenvalue weighted by Crippen LogP contribution is 2.35. The third kappa shape index (κ3) is 5.22. The van der Waals surface area contributed by atoms with E-state index < -0.39 is 0 Å². The number of hydrogen-bond donors (Lipinski definition) is 0. The fraction of sp³-hybridized carbons (Fsp3) is 0.481. The second-order valence-electron chi connectivity index (χ2n) is 10.3. The number of rotatable bonds is 6. The number of aryl methyl sites for hydroxylation is 4. The molecule has 1 aromatic heterocycles. The molecule has 0 bridgehead atoms. The van der Waals surface area contributed by atoms with Crippen LogP contribution in [0.4, 0.5) is 0 Å². The first-order valence-corrected chi connectivity index (χ1v) is 11.8. The molecular weight excluding hydrogens is 412 g/mol. The summed E-state index contributed by atoms with van der Waals surface area (Å²) < 4.78 is 15.1. The van der Waals surface area contributed by atoms with Gasteiger partial charge in [0.1, 0.15) is 17.2 Å². The zero-order valence-electron chi connectivity index (χ0n) is 21.1.